The molecule has 54 heavy (non-hydrogen) atoms. The molecule has 0 radical (unpaired) electrons. The van der Waals surface area contributed by atoms with Crippen molar-refractivity contribution in [1.29, 1.82) is 0 Å². The Hall–Kier alpha value is -5.45. The van der Waals surface area contributed by atoms with Gasteiger partial charge in [0.2, 0.25) is 11.8 Å². The van der Waals surface area contributed by atoms with Gasteiger partial charge in [0.15, 0.2) is 9.75 Å². The fraction of sp³-hybridized carbons (Fsp3) is 0.238. The Bertz CT molecular complexity index is 2290. The van der Waals surface area contributed by atoms with Crippen LogP contribution in [0.2, 0.25) is 0 Å². The molecule has 2 heterocycles. The summed E-state index contributed by atoms with van der Waals surface area (Å²) in [6.45, 7) is 0. The summed E-state index contributed by atoms with van der Waals surface area (Å²) in [5.74, 6) is -5.56. The van der Waals surface area contributed by atoms with Crippen molar-refractivity contribution < 1.29 is 38.1 Å². The summed E-state index contributed by atoms with van der Waals surface area (Å²) in [5.41, 5.74) is 2.85. The fourth-order valence-electron chi connectivity index (χ4n) is 8.62. The maximum atomic E-state index is 14.5. The molecule has 2 aliphatic heterocycles. The second-order valence-corrected chi connectivity index (χ2v) is 15.1. The molecule has 3 fully saturated rings. The topological polar surface area (TPSA) is 113 Å². The van der Waals surface area contributed by atoms with Gasteiger partial charge in [-0.3, -0.25) is 24.1 Å². The first kappa shape index (κ1) is 35.6. The molecule has 8 rings (SSSR count). The van der Waals surface area contributed by atoms with Crippen LogP contribution < -0.4 is 19.3 Å². The van der Waals surface area contributed by atoms with E-state index in [1.165, 1.54) is 23.1 Å². The van der Waals surface area contributed by atoms with Crippen molar-refractivity contribution in [2.45, 2.75) is 28.5 Å². The maximum Gasteiger partial charge on any atom is 0.258 e. The van der Waals surface area contributed by atoms with Crippen LogP contribution in [0.15, 0.2) is 103 Å². The van der Waals surface area contributed by atoms with E-state index in [9.17, 15) is 28.7 Å². The van der Waals surface area contributed by atoms with Crippen molar-refractivity contribution in [3.8, 4) is 17.2 Å². The molecule has 0 aromatic heterocycles. The number of imide groups is 2. The van der Waals surface area contributed by atoms with Crippen LogP contribution in [0.25, 0.3) is 12.2 Å². The van der Waals surface area contributed by atoms with Crippen molar-refractivity contribution in [1.82, 2.24) is 0 Å². The molecular weight excluding hydrogens is 734 g/mol. The summed E-state index contributed by atoms with van der Waals surface area (Å²) in [6, 6.07) is 23.6. The molecule has 1 N–H and O–H groups in total. The normalized spacial score (nSPS) is 27.5. The van der Waals surface area contributed by atoms with E-state index in [1.807, 2.05) is 24.3 Å². The van der Waals surface area contributed by atoms with Gasteiger partial charge in [-0.15, -0.1) is 23.2 Å². The van der Waals surface area contributed by atoms with Gasteiger partial charge >= 0.3 is 0 Å². The summed E-state index contributed by atoms with van der Waals surface area (Å²) in [7, 11) is 3.17. The van der Waals surface area contributed by atoms with Gasteiger partial charge in [0.25, 0.3) is 11.8 Å². The van der Waals surface area contributed by atoms with Crippen molar-refractivity contribution in [3.05, 3.63) is 125 Å². The number of ether oxygens (including phenoxy) is 2. The average molecular weight is 768 g/mol. The number of anilines is 2. The van der Waals surface area contributed by atoms with Gasteiger partial charge in [0.05, 0.1) is 37.4 Å². The van der Waals surface area contributed by atoms with Gasteiger partial charge < -0.3 is 14.6 Å². The molecule has 9 nitrogen and oxygen atoms in total. The highest BCUT2D eigenvalue weighted by Gasteiger charge is 2.77. The zero-order chi connectivity index (χ0) is 38.1. The molecule has 274 valence electrons. The Kier molecular flexibility index (Phi) is 8.66. The van der Waals surface area contributed by atoms with Crippen LogP contribution in [0.5, 0.6) is 17.2 Å². The third kappa shape index (κ3) is 5.18. The highest BCUT2D eigenvalue weighted by Crippen LogP contribution is 2.66. The smallest absolute Gasteiger partial charge is 0.258 e. The zero-order valence-corrected chi connectivity index (χ0v) is 30.6. The molecule has 2 saturated heterocycles. The van der Waals surface area contributed by atoms with E-state index >= 15 is 0 Å². The van der Waals surface area contributed by atoms with Crippen LogP contribution in [0.3, 0.4) is 0 Å². The van der Waals surface area contributed by atoms with Crippen molar-refractivity contribution in [3.63, 3.8) is 0 Å². The standard InChI is InChI=1S/C42H33Cl2FN2O7/c1-53-28-17-20-34(54-2)24(21-28)10-7-23-8-13-26(14-9-23)46-37(49)31-19-18-29-32(35(31)38(46)50)22-41(43)39(51)47(27-15-11-25(45)12-16-27)40(52)42(41,44)36(29)30-5-3-4-6-33(30)48/h3-18,20-21,31-32,35-36,48H,19,22H2,1-2H3. The number of rotatable bonds is 7. The first-order valence-electron chi connectivity index (χ1n) is 17.3. The van der Waals surface area contributed by atoms with Gasteiger partial charge in [0.1, 0.15) is 23.1 Å². The van der Waals surface area contributed by atoms with E-state index < -0.39 is 62.9 Å². The lowest BCUT2D eigenvalue weighted by atomic mass is 9.56. The number of alkyl halides is 2. The molecule has 6 unspecified atom stereocenters. The first-order valence-corrected chi connectivity index (χ1v) is 18.1. The number of allylic oxidation sites excluding steroid dienone is 2. The molecule has 4 aliphatic rings. The minimum absolute atomic E-state index is 0.0749. The minimum Gasteiger partial charge on any atom is -0.508 e. The molecule has 6 atom stereocenters. The average Bonchev–Trinajstić information content (AvgIpc) is 3.52. The van der Waals surface area contributed by atoms with E-state index in [0.717, 1.165) is 28.2 Å². The van der Waals surface area contributed by atoms with Crippen LogP contribution in [0.4, 0.5) is 15.8 Å². The van der Waals surface area contributed by atoms with Crippen LogP contribution >= 0.6 is 23.2 Å². The summed E-state index contributed by atoms with van der Waals surface area (Å²) in [4.78, 5) is 55.2. The molecule has 4 aromatic carbocycles. The number of benzene rings is 4. The van der Waals surface area contributed by atoms with Gasteiger partial charge in [0, 0.05) is 17.0 Å². The largest absolute Gasteiger partial charge is 0.508 e. The summed E-state index contributed by atoms with van der Waals surface area (Å²) in [6.07, 6.45) is 5.48. The van der Waals surface area contributed by atoms with Crippen LogP contribution in [-0.2, 0) is 19.2 Å². The number of nitrogens with zero attached hydrogens (tertiary/aromatic N) is 2. The summed E-state index contributed by atoms with van der Waals surface area (Å²) < 4.78 is 24.7. The van der Waals surface area contributed by atoms with Crippen molar-refractivity contribution in [2.24, 2.45) is 17.8 Å². The second kappa shape index (κ2) is 13.1. The molecule has 4 aromatic rings. The van der Waals surface area contributed by atoms with E-state index in [0.29, 0.717) is 22.8 Å². The summed E-state index contributed by atoms with van der Waals surface area (Å²) in [5, 5.41) is 11.2. The number of amides is 4. The molecular formula is C42H33Cl2FN2O7. The molecule has 2 aliphatic carbocycles. The first-order chi connectivity index (χ1) is 25.9. The second-order valence-electron chi connectivity index (χ2n) is 13.9. The SMILES string of the molecule is COc1ccc(OC)c(C=Cc2ccc(N3C(=O)C4CC=C5C(CC6(Cl)C(=O)N(c7ccc(F)cc7)C(=O)C6(Cl)C5c5ccccc5O)C4C3=O)cc2)c1. The number of halogens is 3. The number of para-hydroxylation sites is 1. The Morgan fingerprint density at radius 2 is 1.48 bits per heavy atom. The number of hydrogen-bond acceptors (Lipinski definition) is 7. The van der Waals surface area contributed by atoms with E-state index in [2.05, 4.69) is 0 Å². The molecule has 1 saturated carbocycles. The van der Waals surface area contributed by atoms with E-state index in [1.54, 1.807) is 68.8 Å². The lowest BCUT2D eigenvalue weighted by Gasteiger charge is -2.50. The number of phenols is 1. The van der Waals surface area contributed by atoms with Gasteiger partial charge in [-0.2, -0.15) is 0 Å². The Morgan fingerprint density at radius 1 is 0.796 bits per heavy atom. The van der Waals surface area contributed by atoms with Crippen molar-refractivity contribution >= 4 is 70.4 Å². The highest BCUT2D eigenvalue weighted by atomic mass is 35.5. The minimum atomic E-state index is -2.14. The summed E-state index contributed by atoms with van der Waals surface area (Å²) >= 11 is 14.8. The zero-order valence-electron chi connectivity index (χ0n) is 29.0. The number of carbonyl (C=O) groups excluding carboxylic acids is 4. The Morgan fingerprint density at radius 3 is 2.17 bits per heavy atom. The van der Waals surface area contributed by atoms with Gasteiger partial charge in [-0.1, -0.05) is 54.1 Å². The predicted molar refractivity (Wildman–Crippen MR) is 202 cm³/mol. The van der Waals surface area contributed by atoms with Crippen LogP contribution in [-0.4, -0.2) is 52.7 Å². The fourth-order valence-corrected chi connectivity index (χ4v) is 9.55. The quantitative estimate of drug-likeness (QED) is 0.0898. The maximum absolute atomic E-state index is 14.5. The number of carbonyl (C=O) groups is 4. The third-order valence-electron chi connectivity index (χ3n) is 11.2. The lowest BCUT2D eigenvalue weighted by molar-refractivity contribution is -0.125. The molecule has 0 spiro atoms. The van der Waals surface area contributed by atoms with Gasteiger partial charge in [-0.05, 0) is 85.0 Å². The van der Waals surface area contributed by atoms with Crippen molar-refractivity contribution in [2.75, 3.05) is 24.0 Å². The molecule has 4 amide bonds. The van der Waals surface area contributed by atoms with E-state index in [4.69, 9.17) is 32.7 Å². The monoisotopic (exact) mass is 766 g/mol. The van der Waals surface area contributed by atoms with Crippen LogP contribution in [0.1, 0.15) is 35.4 Å². The lowest BCUT2D eigenvalue weighted by Crippen LogP contribution is -2.60. The third-order valence-corrected chi connectivity index (χ3v) is 12.6. The number of aromatic hydroxyl groups is 1. The number of hydrogen-bond donors (Lipinski definition) is 1. The molecule has 12 heteroatoms. The van der Waals surface area contributed by atoms with Crippen LogP contribution in [0, 0.1) is 23.6 Å². The predicted octanol–water partition coefficient (Wildman–Crippen LogP) is 7.49. The molecule has 0 bridgehead atoms. The Balaban J connectivity index is 1.15. The number of fused-ring (bicyclic) bond motifs is 4. The number of phenolic OH excluding ortho intramolecular Hbond substituents is 1. The van der Waals surface area contributed by atoms with Gasteiger partial charge in [-0.25, -0.2) is 9.29 Å². The highest BCUT2D eigenvalue weighted by molar-refractivity contribution is 6.58. The Labute approximate surface area is 320 Å². The number of methoxy groups -OCH3 is 2. The van der Waals surface area contributed by atoms with E-state index in [-0.39, 0.29) is 29.8 Å².